The molecule has 0 aromatic carbocycles. The molecule has 0 amide bonds. The first-order valence-corrected chi connectivity index (χ1v) is 4.09. The van der Waals surface area contributed by atoms with Crippen molar-refractivity contribution in [3.05, 3.63) is 0 Å². The average Bonchev–Trinajstić information content (AvgIpc) is 1.87. The van der Waals surface area contributed by atoms with Gasteiger partial charge in [-0.05, 0) is 0 Å². The van der Waals surface area contributed by atoms with Crippen LogP contribution in [0.4, 0.5) is 0 Å². The van der Waals surface area contributed by atoms with Crippen LogP contribution >= 0.6 is 16.5 Å². The first-order valence-electron chi connectivity index (χ1n) is 1.64. The third-order valence-electron chi connectivity index (χ3n) is 0.337. The first-order chi connectivity index (χ1) is 4.20. The molecule has 0 bridgehead atoms. The van der Waals surface area contributed by atoms with Gasteiger partial charge in [0.2, 0.25) is 0 Å². The predicted octanol–water partition coefficient (Wildman–Crippen LogP) is 0.162. The van der Waals surface area contributed by atoms with Crippen LogP contribution in [0, 0.1) is 0 Å². The van der Waals surface area contributed by atoms with Crippen molar-refractivity contribution in [2.45, 2.75) is 0 Å². The summed E-state index contributed by atoms with van der Waals surface area (Å²) >= 11 is 0. The van der Waals surface area contributed by atoms with Crippen LogP contribution in [0.25, 0.3) is 0 Å². The molecule has 0 aliphatic carbocycles. The fourth-order valence-electron chi connectivity index (χ4n) is 0.111. The van der Waals surface area contributed by atoms with E-state index in [-0.39, 0.29) is 0 Å². The maximum Gasteiger partial charge on any atom is 0.353 e. The van der Waals surface area contributed by atoms with Gasteiger partial charge in [0.1, 0.15) is 0 Å². The molecule has 0 fully saturated rings. The lowest BCUT2D eigenvalue weighted by molar-refractivity contribution is -0.137. The molecule has 2 atom stereocenters. The molecule has 9 heteroatoms. The molecular formula is H5NO6P2. The summed E-state index contributed by atoms with van der Waals surface area (Å²) in [4.78, 5) is 0. The van der Waals surface area contributed by atoms with Crippen molar-refractivity contribution < 1.29 is 28.0 Å². The maximum atomic E-state index is 10.0. The molecule has 0 spiro atoms. The minimum atomic E-state index is -3.11. The van der Waals surface area contributed by atoms with Gasteiger partial charge in [0.25, 0.3) is 0 Å². The highest BCUT2D eigenvalue weighted by Crippen LogP contribution is 2.37. The van der Waals surface area contributed by atoms with Crippen LogP contribution in [0.2, 0.25) is 0 Å². The van der Waals surface area contributed by atoms with E-state index in [0.29, 0.717) is 0 Å². The van der Waals surface area contributed by atoms with Gasteiger partial charge >= 0.3 is 16.5 Å². The van der Waals surface area contributed by atoms with E-state index in [2.05, 4.69) is 19.5 Å². The fraction of sp³-hybridized carbons (Fsp3) is 0. The standard InChI is InChI=1S/H5NO6P2/c1-5-8(3)7-9(4)6-2/h2,8-9H,1H2. The van der Waals surface area contributed by atoms with Gasteiger partial charge in [0.15, 0.2) is 0 Å². The third-order valence-corrected chi connectivity index (χ3v) is 2.01. The Morgan fingerprint density at radius 1 is 1.33 bits per heavy atom. The summed E-state index contributed by atoms with van der Waals surface area (Å²) in [6, 6.07) is 0. The SMILES string of the molecule is NO[PH](=O)O[PH](=O)OO. The molecule has 0 aliphatic rings. The van der Waals surface area contributed by atoms with Crippen molar-refractivity contribution in [1.82, 2.24) is 0 Å². The number of nitrogens with two attached hydrogens (primary N) is 1. The molecule has 0 rings (SSSR count). The van der Waals surface area contributed by atoms with Crippen molar-refractivity contribution in [3.8, 4) is 0 Å². The van der Waals surface area contributed by atoms with Crippen LogP contribution in [-0.2, 0) is 22.7 Å². The van der Waals surface area contributed by atoms with Gasteiger partial charge in [-0.15, -0.1) is 0 Å². The lowest BCUT2D eigenvalue weighted by atomic mass is 13.6. The lowest BCUT2D eigenvalue weighted by Crippen LogP contribution is -1.87. The lowest BCUT2D eigenvalue weighted by Gasteiger charge is -1.95. The molecule has 0 aromatic rings. The van der Waals surface area contributed by atoms with Gasteiger partial charge in [-0.2, -0.15) is 4.67 Å². The Kier molecular flexibility index (Phi) is 5.22. The summed E-state index contributed by atoms with van der Waals surface area (Å²) in [6.07, 6.45) is 0. The van der Waals surface area contributed by atoms with Crippen molar-refractivity contribution >= 4 is 16.5 Å². The number of hydrogen-bond acceptors (Lipinski definition) is 7. The third kappa shape index (κ3) is 4.74. The van der Waals surface area contributed by atoms with Gasteiger partial charge in [-0.1, -0.05) is 0 Å². The van der Waals surface area contributed by atoms with Crippen LogP contribution in [0.1, 0.15) is 0 Å². The minimum absolute atomic E-state index is 2.96. The second-order valence-corrected chi connectivity index (χ2v) is 3.05. The van der Waals surface area contributed by atoms with Gasteiger partial charge in [0.05, 0.1) is 0 Å². The van der Waals surface area contributed by atoms with Crippen molar-refractivity contribution in [2.75, 3.05) is 0 Å². The maximum absolute atomic E-state index is 10.0. The van der Waals surface area contributed by atoms with Gasteiger partial charge < -0.3 is 0 Å². The Balaban J connectivity index is 3.47. The zero-order chi connectivity index (χ0) is 7.28. The number of hydrogen-bond donors (Lipinski definition) is 2. The molecule has 0 saturated heterocycles. The van der Waals surface area contributed by atoms with E-state index in [0.717, 1.165) is 0 Å². The Bertz CT molecular complexity index is 106. The fourth-order valence-corrected chi connectivity index (χ4v) is 0.997. The molecule has 9 heavy (non-hydrogen) atoms. The highest BCUT2D eigenvalue weighted by molar-refractivity contribution is 7.47. The molecule has 0 aromatic heterocycles. The Hall–Kier alpha value is 0.260. The highest BCUT2D eigenvalue weighted by atomic mass is 31.2. The molecule has 0 saturated carbocycles. The Morgan fingerprint density at radius 2 is 1.89 bits per heavy atom. The molecule has 2 unspecified atom stereocenters. The monoisotopic (exact) mass is 177 g/mol. The van der Waals surface area contributed by atoms with Gasteiger partial charge in [0, 0.05) is 0 Å². The van der Waals surface area contributed by atoms with E-state index in [1.165, 1.54) is 0 Å². The van der Waals surface area contributed by atoms with Crippen molar-refractivity contribution in [1.29, 1.82) is 0 Å². The molecule has 7 nitrogen and oxygen atoms in total. The molecule has 56 valence electrons. The number of rotatable bonds is 4. The molecule has 0 aliphatic heterocycles. The summed E-state index contributed by atoms with van der Waals surface area (Å²) < 4.78 is 30.5. The highest BCUT2D eigenvalue weighted by Gasteiger charge is 2.03. The predicted molar refractivity (Wildman–Crippen MR) is 28.1 cm³/mol. The molecule has 3 N–H and O–H groups in total. The van der Waals surface area contributed by atoms with E-state index in [1.807, 2.05) is 0 Å². The average molecular weight is 177 g/mol. The quantitative estimate of drug-likeness (QED) is 0.357. The molecule has 0 radical (unpaired) electrons. The topological polar surface area (TPSA) is 108 Å². The summed E-state index contributed by atoms with van der Waals surface area (Å²) in [5.74, 6) is 4.32. The van der Waals surface area contributed by atoms with E-state index in [9.17, 15) is 9.13 Å². The minimum Gasteiger partial charge on any atom is -0.261 e. The van der Waals surface area contributed by atoms with E-state index < -0.39 is 16.5 Å². The molecule has 0 heterocycles. The van der Waals surface area contributed by atoms with Gasteiger partial charge in [-0.3, -0.25) is 9.13 Å². The van der Waals surface area contributed by atoms with Crippen molar-refractivity contribution in [3.63, 3.8) is 0 Å². The Morgan fingerprint density at radius 3 is 2.22 bits per heavy atom. The van der Waals surface area contributed by atoms with Gasteiger partial charge in [-0.25, -0.2) is 20.1 Å². The van der Waals surface area contributed by atoms with E-state index >= 15 is 0 Å². The smallest absolute Gasteiger partial charge is 0.261 e. The van der Waals surface area contributed by atoms with E-state index in [1.54, 1.807) is 0 Å². The summed E-state index contributed by atoms with van der Waals surface area (Å²) in [6.45, 7) is 0. The van der Waals surface area contributed by atoms with Crippen LogP contribution in [0.5, 0.6) is 0 Å². The summed E-state index contributed by atoms with van der Waals surface area (Å²) in [5, 5.41) is 7.57. The largest absolute Gasteiger partial charge is 0.353 e. The van der Waals surface area contributed by atoms with Crippen LogP contribution in [0.15, 0.2) is 0 Å². The molecular weight excluding hydrogens is 172 g/mol. The Labute approximate surface area is 51.5 Å². The summed E-state index contributed by atoms with van der Waals surface area (Å²) in [5.41, 5.74) is 0. The second-order valence-electron chi connectivity index (χ2n) is 0.811. The summed E-state index contributed by atoms with van der Waals surface area (Å²) in [7, 11) is -6.07. The normalized spacial score (nSPS) is 17.1. The van der Waals surface area contributed by atoms with Crippen LogP contribution < -0.4 is 5.90 Å². The van der Waals surface area contributed by atoms with E-state index in [4.69, 9.17) is 5.26 Å². The zero-order valence-corrected chi connectivity index (χ0v) is 6.07. The van der Waals surface area contributed by atoms with Crippen molar-refractivity contribution in [2.24, 2.45) is 5.90 Å². The van der Waals surface area contributed by atoms with Crippen LogP contribution in [-0.4, -0.2) is 5.26 Å². The second kappa shape index (κ2) is 5.08. The van der Waals surface area contributed by atoms with Crippen LogP contribution in [0.3, 0.4) is 0 Å². The first kappa shape index (κ1) is 9.26. The zero-order valence-electron chi connectivity index (χ0n) is 4.07.